The zero-order chi connectivity index (χ0) is 26.0. The van der Waals surface area contributed by atoms with E-state index in [9.17, 15) is 25.9 Å². The Morgan fingerprint density at radius 1 is 0.429 bits per heavy atom. The largest absolute Gasteiger partial charge is 2.00 e. The molecule has 11 heteroatoms. The second-order valence-corrected chi connectivity index (χ2v) is 10.9. The summed E-state index contributed by atoms with van der Waals surface area (Å²) in [6, 6.07) is 0. The predicted octanol–water partition coefficient (Wildman–Crippen LogP) is 6.77. The van der Waals surface area contributed by atoms with E-state index >= 15 is 0 Å². The fourth-order valence-electron chi connectivity index (χ4n) is 3.50. The first-order valence-corrected chi connectivity index (χ1v) is 16.0. The molecule has 0 bridgehead atoms. The molecule has 0 rings (SSSR count). The average molecular weight is 596 g/mol. The van der Waals surface area contributed by atoms with Crippen LogP contribution in [0.4, 0.5) is 0 Å². The molecule has 0 fully saturated rings. The van der Waals surface area contributed by atoms with Crippen molar-refractivity contribution in [1.82, 2.24) is 0 Å². The summed E-state index contributed by atoms with van der Waals surface area (Å²) < 4.78 is 68.9. The Hall–Kier alpha value is 0.363. The van der Waals surface area contributed by atoms with Crippen LogP contribution in [-0.4, -0.2) is 39.2 Å². The summed E-state index contributed by atoms with van der Waals surface area (Å²) in [5.74, 6) is 0. The smallest absolute Gasteiger partial charge is 0.726 e. The minimum Gasteiger partial charge on any atom is -0.726 e. The van der Waals surface area contributed by atoms with Crippen molar-refractivity contribution in [3.8, 4) is 0 Å². The van der Waals surface area contributed by atoms with Crippen molar-refractivity contribution in [1.29, 1.82) is 0 Å². The van der Waals surface area contributed by atoms with Gasteiger partial charge in [0.1, 0.15) is 0 Å². The molecule has 208 valence electrons. The molecule has 0 unspecified atom stereocenters. The summed E-state index contributed by atoms with van der Waals surface area (Å²) in [6.07, 6.45) is 23.4. The van der Waals surface area contributed by atoms with Crippen LogP contribution in [0.2, 0.25) is 0 Å². The van der Waals surface area contributed by atoms with E-state index in [0.717, 1.165) is 25.7 Å². The Morgan fingerprint density at radius 2 is 0.629 bits per heavy atom. The van der Waals surface area contributed by atoms with Gasteiger partial charge >= 0.3 is 19.5 Å². The molecule has 0 aliphatic heterocycles. The van der Waals surface area contributed by atoms with Crippen LogP contribution in [0.5, 0.6) is 0 Å². The van der Waals surface area contributed by atoms with Crippen LogP contribution in [-0.2, 0) is 48.6 Å². The van der Waals surface area contributed by atoms with E-state index in [1.54, 1.807) is 0 Å². The Balaban J connectivity index is -0.000000569. The van der Waals surface area contributed by atoms with Crippen LogP contribution in [0.1, 0.15) is 142 Å². The van der Waals surface area contributed by atoms with E-state index in [2.05, 4.69) is 22.2 Å². The van der Waals surface area contributed by atoms with Crippen LogP contribution < -0.4 is 0 Å². The summed E-state index contributed by atoms with van der Waals surface area (Å²) in [5, 5.41) is 0. The third-order valence-electron chi connectivity index (χ3n) is 5.45. The summed E-state index contributed by atoms with van der Waals surface area (Å²) in [6.45, 7) is 4.49. The average Bonchev–Trinajstić information content (AvgIpc) is 2.75. The topological polar surface area (TPSA) is 133 Å². The van der Waals surface area contributed by atoms with Crippen LogP contribution in [0.15, 0.2) is 0 Å². The third-order valence-corrected chi connectivity index (χ3v) is 6.36. The van der Waals surface area contributed by atoms with Gasteiger partial charge in [0, 0.05) is 0 Å². The summed E-state index contributed by atoms with van der Waals surface area (Å²) in [5.41, 5.74) is 0. The third kappa shape index (κ3) is 44.7. The minimum absolute atomic E-state index is 0. The SMILES string of the molecule is CCCCCCCCCCCCOS(=O)(=O)[O-].CCCCCCCCCCCCOS(=O)(=O)[O-].[Zn+2]. The molecule has 0 aromatic rings. The van der Waals surface area contributed by atoms with Crippen LogP contribution in [0, 0.1) is 0 Å². The molecular formula is C24H50O8S2Zn. The van der Waals surface area contributed by atoms with Gasteiger partial charge in [0.25, 0.3) is 0 Å². The maximum absolute atomic E-state index is 10.1. The number of rotatable bonds is 24. The zero-order valence-electron chi connectivity index (χ0n) is 22.3. The van der Waals surface area contributed by atoms with Crippen molar-refractivity contribution >= 4 is 20.8 Å². The molecule has 0 N–H and O–H groups in total. The van der Waals surface area contributed by atoms with Gasteiger partial charge in [0.15, 0.2) is 0 Å². The van der Waals surface area contributed by atoms with Crippen molar-refractivity contribution in [2.75, 3.05) is 13.2 Å². The molecule has 0 saturated heterocycles. The predicted molar refractivity (Wildman–Crippen MR) is 135 cm³/mol. The monoisotopic (exact) mass is 594 g/mol. The Kier molecular flexibility index (Phi) is 33.0. The summed E-state index contributed by atoms with van der Waals surface area (Å²) >= 11 is 0. The van der Waals surface area contributed by atoms with Crippen molar-refractivity contribution in [3.63, 3.8) is 0 Å². The van der Waals surface area contributed by atoms with Gasteiger partial charge in [-0.2, -0.15) is 0 Å². The first kappa shape index (κ1) is 39.9. The van der Waals surface area contributed by atoms with E-state index in [1.807, 2.05) is 0 Å². The fourth-order valence-corrected chi connectivity index (χ4v) is 4.14. The van der Waals surface area contributed by atoms with Gasteiger partial charge in [-0.05, 0) is 12.8 Å². The molecule has 0 heterocycles. The van der Waals surface area contributed by atoms with Crippen LogP contribution in [0.3, 0.4) is 0 Å². The number of unbranched alkanes of at least 4 members (excludes halogenated alkanes) is 18. The Labute approximate surface area is 229 Å². The van der Waals surface area contributed by atoms with E-state index in [0.29, 0.717) is 12.8 Å². The zero-order valence-corrected chi connectivity index (χ0v) is 26.9. The van der Waals surface area contributed by atoms with Gasteiger partial charge in [0.05, 0.1) is 13.2 Å². The maximum atomic E-state index is 10.1. The van der Waals surface area contributed by atoms with Crippen molar-refractivity contribution in [2.45, 2.75) is 142 Å². The number of hydrogen-bond acceptors (Lipinski definition) is 8. The van der Waals surface area contributed by atoms with E-state index in [4.69, 9.17) is 0 Å². The minimum atomic E-state index is -4.48. The van der Waals surface area contributed by atoms with E-state index in [-0.39, 0.29) is 32.7 Å². The molecule has 0 radical (unpaired) electrons. The Bertz CT molecular complexity index is 559. The molecule has 0 aromatic carbocycles. The standard InChI is InChI=1S/2C12H26O4S.Zn/c2*1-2-3-4-5-6-7-8-9-10-11-12-16-17(13,14)15;/h2*2-12H2,1H3,(H,13,14,15);/q;;+2/p-2. The van der Waals surface area contributed by atoms with Gasteiger partial charge < -0.3 is 9.11 Å². The molecule has 8 nitrogen and oxygen atoms in total. The maximum Gasteiger partial charge on any atom is 2.00 e. The van der Waals surface area contributed by atoms with E-state index < -0.39 is 20.8 Å². The van der Waals surface area contributed by atoms with Gasteiger partial charge in [-0.1, -0.05) is 129 Å². The molecule has 0 aliphatic carbocycles. The molecule has 0 atom stereocenters. The summed E-state index contributed by atoms with van der Waals surface area (Å²) in [4.78, 5) is 0. The van der Waals surface area contributed by atoms with Crippen molar-refractivity contribution in [2.24, 2.45) is 0 Å². The van der Waals surface area contributed by atoms with Crippen molar-refractivity contribution < 1.29 is 53.8 Å². The molecule has 0 amide bonds. The van der Waals surface area contributed by atoms with Crippen molar-refractivity contribution in [3.05, 3.63) is 0 Å². The normalized spacial score (nSPS) is 11.5. The second-order valence-electron chi connectivity index (χ2n) is 8.82. The molecule has 0 aromatic heterocycles. The van der Waals surface area contributed by atoms with E-state index in [1.165, 1.54) is 89.9 Å². The van der Waals surface area contributed by atoms with Gasteiger partial charge in [-0.3, -0.25) is 8.37 Å². The molecule has 0 saturated carbocycles. The van der Waals surface area contributed by atoms with Crippen LogP contribution >= 0.6 is 0 Å². The Morgan fingerprint density at radius 3 is 0.829 bits per heavy atom. The quantitative estimate of drug-likeness (QED) is 0.0517. The molecule has 0 aliphatic rings. The molecular weight excluding hydrogens is 546 g/mol. The van der Waals surface area contributed by atoms with Crippen LogP contribution in [0.25, 0.3) is 0 Å². The first-order valence-electron chi connectivity index (χ1n) is 13.3. The van der Waals surface area contributed by atoms with Gasteiger partial charge in [0.2, 0.25) is 20.8 Å². The van der Waals surface area contributed by atoms with Gasteiger partial charge in [-0.15, -0.1) is 0 Å². The fraction of sp³-hybridized carbons (Fsp3) is 1.00. The van der Waals surface area contributed by atoms with Gasteiger partial charge in [-0.25, -0.2) is 16.8 Å². The molecule has 35 heavy (non-hydrogen) atoms. The first-order chi connectivity index (χ1) is 16.1. The molecule has 0 spiro atoms. The summed E-state index contributed by atoms with van der Waals surface area (Å²) in [7, 11) is -8.97. The second kappa shape index (κ2) is 28.9. The number of hydrogen-bond donors (Lipinski definition) is 0.